The molecule has 0 saturated carbocycles. The average Bonchev–Trinajstić information content (AvgIpc) is 3.30. The molecule has 0 spiro atoms. The van der Waals surface area contributed by atoms with Gasteiger partial charge in [0.25, 0.3) is 10.0 Å². The molecule has 0 unspecified atom stereocenters. The molecule has 0 radical (unpaired) electrons. The molecule has 1 fully saturated rings. The van der Waals surface area contributed by atoms with Gasteiger partial charge in [-0.3, -0.25) is 0 Å². The molecule has 0 N–H and O–H groups in total. The van der Waals surface area contributed by atoms with Crippen molar-refractivity contribution in [2.24, 2.45) is 0 Å². The van der Waals surface area contributed by atoms with Crippen LogP contribution in [0.25, 0.3) is 21.9 Å². The average molecular weight is 410 g/mol. The minimum atomic E-state index is -3.82. The Morgan fingerprint density at radius 2 is 1.86 bits per heavy atom. The van der Waals surface area contributed by atoms with Crippen LogP contribution in [0.1, 0.15) is 6.42 Å². The van der Waals surface area contributed by atoms with Crippen molar-refractivity contribution >= 4 is 37.6 Å². The molecule has 2 aromatic heterocycles. The van der Waals surface area contributed by atoms with E-state index in [-0.39, 0.29) is 4.90 Å². The molecule has 7 nitrogen and oxygen atoms in total. The first-order chi connectivity index (χ1) is 14.0. The van der Waals surface area contributed by atoms with Gasteiger partial charge >= 0.3 is 0 Å². The number of nitrogens with zero attached hydrogens (tertiary/aromatic N) is 4. The van der Waals surface area contributed by atoms with E-state index >= 15 is 0 Å². The second-order valence-electron chi connectivity index (χ2n) is 7.50. The fraction of sp³-hybridized carbons (Fsp3) is 0.286. The van der Waals surface area contributed by atoms with Crippen molar-refractivity contribution in [3.8, 4) is 0 Å². The topological polar surface area (TPSA) is 71.6 Å². The second-order valence-corrected chi connectivity index (χ2v) is 9.27. The second kappa shape index (κ2) is 6.89. The van der Waals surface area contributed by atoms with Crippen LogP contribution < -0.4 is 4.90 Å². The van der Waals surface area contributed by atoms with Gasteiger partial charge in [-0.1, -0.05) is 0 Å². The van der Waals surface area contributed by atoms with E-state index in [1.54, 1.807) is 36.7 Å². The summed E-state index contributed by atoms with van der Waals surface area (Å²) in [5.41, 5.74) is 2.27. The molecule has 3 heterocycles. The van der Waals surface area contributed by atoms with Crippen LogP contribution in [0.4, 0.5) is 5.69 Å². The van der Waals surface area contributed by atoms with E-state index in [1.807, 2.05) is 18.2 Å². The van der Waals surface area contributed by atoms with Crippen LogP contribution in [0.3, 0.4) is 0 Å². The van der Waals surface area contributed by atoms with E-state index in [1.165, 1.54) is 0 Å². The highest BCUT2D eigenvalue weighted by Gasteiger charge is 2.22. The zero-order valence-corrected chi connectivity index (χ0v) is 17.0. The molecule has 1 saturated heterocycles. The molecule has 0 atom stereocenters. The van der Waals surface area contributed by atoms with E-state index in [0.717, 1.165) is 53.1 Å². The molecule has 8 heteroatoms. The summed E-state index contributed by atoms with van der Waals surface area (Å²) < 4.78 is 33.1. The standard InChI is InChI=1S/C21H22N4O3S/c1-23-8-2-9-24(11-10-23)18-4-3-17-15-22-25(20(17)14-18)29(26,27)19-5-6-21-16(13-19)7-12-28-21/h3-7,12-15H,2,8-11H2,1H3. The van der Waals surface area contributed by atoms with Gasteiger partial charge in [-0.15, -0.1) is 0 Å². The minimum absolute atomic E-state index is 0.193. The largest absolute Gasteiger partial charge is 0.464 e. The quantitative estimate of drug-likeness (QED) is 0.517. The molecule has 0 amide bonds. The number of hydrogen-bond donors (Lipinski definition) is 0. The first kappa shape index (κ1) is 18.2. The van der Waals surface area contributed by atoms with Crippen molar-refractivity contribution in [2.75, 3.05) is 38.1 Å². The number of benzene rings is 2. The molecular formula is C21H22N4O3S. The van der Waals surface area contributed by atoms with Crippen LogP contribution in [-0.4, -0.2) is 55.7 Å². The normalized spacial score (nSPS) is 16.5. The monoisotopic (exact) mass is 410 g/mol. The smallest absolute Gasteiger partial charge is 0.283 e. The van der Waals surface area contributed by atoms with Gasteiger partial charge in [-0.05, 0) is 62.5 Å². The highest BCUT2D eigenvalue weighted by atomic mass is 32.2. The summed E-state index contributed by atoms with van der Waals surface area (Å²) in [6.07, 6.45) is 4.23. The summed E-state index contributed by atoms with van der Waals surface area (Å²) in [4.78, 5) is 4.82. The summed E-state index contributed by atoms with van der Waals surface area (Å²) in [6, 6.07) is 12.5. The molecule has 1 aliphatic heterocycles. The molecular weight excluding hydrogens is 388 g/mol. The Hall–Kier alpha value is -2.84. The molecule has 1 aliphatic rings. The van der Waals surface area contributed by atoms with Gasteiger partial charge in [0.05, 0.1) is 22.9 Å². The Morgan fingerprint density at radius 1 is 0.966 bits per heavy atom. The lowest BCUT2D eigenvalue weighted by atomic mass is 10.2. The zero-order valence-electron chi connectivity index (χ0n) is 16.2. The van der Waals surface area contributed by atoms with Crippen LogP contribution >= 0.6 is 0 Å². The third kappa shape index (κ3) is 3.18. The molecule has 150 valence electrons. The highest BCUT2D eigenvalue weighted by Crippen LogP contribution is 2.27. The molecule has 2 aromatic carbocycles. The maximum absolute atomic E-state index is 13.3. The number of likely N-dealkylation sites (N-methyl/N-ethyl adjacent to an activating group) is 1. The first-order valence-corrected chi connectivity index (χ1v) is 11.1. The lowest BCUT2D eigenvalue weighted by Gasteiger charge is -2.23. The first-order valence-electron chi connectivity index (χ1n) is 9.66. The van der Waals surface area contributed by atoms with E-state index in [9.17, 15) is 8.42 Å². The summed E-state index contributed by atoms with van der Waals surface area (Å²) in [5.74, 6) is 0. The van der Waals surface area contributed by atoms with Crippen LogP contribution in [0.15, 0.2) is 64.2 Å². The number of furan rings is 1. The summed E-state index contributed by atoms with van der Waals surface area (Å²) in [7, 11) is -1.69. The predicted molar refractivity (Wildman–Crippen MR) is 113 cm³/mol. The van der Waals surface area contributed by atoms with Gasteiger partial charge in [0.1, 0.15) is 5.58 Å². The number of hydrogen-bond acceptors (Lipinski definition) is 6. The Kier molecular flexibility index (Phi) is 4.33. The molecule has 29 heavy (non-hydrogen) atoms. The number of rotatable bonds is 3. The Labute approximate surface area is 169 Å². The van der Waals surface area contributed by atoms with Gasteiger partial charge in [-0.25, -0.2) is 0 Å². The van der Waals surface area contributed by atoms with Gasteiger partial charge in [-0.2, -0.15) is 17.6 Å². The minimum Gasteiger partial charge on any atom is -0.464 e. The van der Waals surface area contributed by atoms with E-state index in [2.05, 4.69) is 21.9 Å². The van der Waals surface area contributed by atoms with Crippen LogP contribution in [-0.2, 0) is 10.0 Å². The van der Waals surface area contributed by atoms with Crippen LogP contribution in [0.5, 0.6) is 0 Å². The van der Waals surface area contributed by atoms with Crippen LogP contribution in [0, 0.1) is 0 Å². The lowest BCUT2D eigenvalue weighted by molar-refractivity contribution is 0.360. The van der Waals surface area contributed by atoms with Crippen molar-refractivity contribution in [3.05, 3.63) is 54.9 Å². The maximum atomic E-state index is 13.3. The zero-order chi connectivity index (χ0) is 20.0. The fourth-order valence-electron chi connectivity index (χ4n) is 3.88. The van der Waals surface area contributed by atoms with Gasteiger partial charge < -0.3 is 14.2 Å². The van der Waals surface area contributed by atoms with Gasteiger partial charge in [0.2, 0.25) is 0 Å². The third-order valence-corrected chi connectivity index (χ3v) is 7.15. The fourth-order valence-corrected chi connectivity index (χ4v) is 5.19. The number of fused-ring (bicyclic) bond motifs is 2. The molecule has 4 aromatic rings. The predicted octanol–water partition coefficient (Wildman–Crippen LogP) is 3.16. The Morgan fingerprint density at radius 3 is 2.76 bits per heavy atom. The van der Waals surface area contributed by atoms with Crippen molar-refractivity contribution in [1.29, 1.82) is 0 Å². The summed E-state index contributed by atoms with van der Waals surface area (Å²) in [5, 5.41) is 5.75. The SMILES string of the molecule is CN1CCCN(c2ccc3cnn(S(=O)(=O)c4ccc5occc5c4)c3c2)CC1. The van der Waals surface area contributed by atoms with E-state index in [4.69, 9.17) is 4.42 Å². The third-order valence-electron chi connectivity index (χ3n) is 5.56. The van der Waals surface area contributed by atoms with Crippen molar-refractivity contribution in [2.45, 2.75) is 11.3 Å². The van der Waals surface area contributed by atoms with Crippen molar-refractivity contribution in [1.82, 2.24) is 14.1 Å². The molecule has 0 aliphatic carbocycles. The number of anilines is 1. The lowest BCUT2D eigenvalue weighted by Crippen LogP contribution is -2.28. The maximum Gasteiger partial charge on any atom is 0.283 e. The van der Waals surface area contributed by atoms with E-state index < -0.39 is 10.0 Å². The highest BCUT2D eigenvalue weighted by molar-refractivity contribution is 7.90. The molecule has 5 rings (SSSR count). The summed E-state index contributed by atoms with van der Waals surface area (Å²) >= 11 is 0. The van der Waals surface area contributed by atoms with Crippen LogP contribution in [0.2, 0.25) is 0 Å². The van der Waals surface area contributed by atoms with E-state index in [0.29, 0.717) is 11.1 Å². The van der Waals surface area contributed by atoms with Gasteiger partial charge in [0, 0.05) is 36.1 Å². The van der Waals surface area contributed by atoms with Crippen molar-refractivity contribution < 1.29 is 12.8 Å². The van der Waals surface area contributed by atoms with Gasteiger partial charge in [0.15, 0.2) is 0 Å². The van der Waals surface area contributed by atoms with Crippen molar-refractivity contribution in [3.63, 3.8) is 0 Å². The Balaban J connectivity index is 1.57. The molecule has 0 bridgehead atoms. The number of aromatic nitrogens is 2. The summed E-state index contributed by atoms with van der Waals surface area (Å²) in [6.45, 7) is 3.93. The Bertz CT molecular complexity index is 1290.